The van der Waals surface area contributed by atoms with E-state index >= 15 is 0 Å². The van der Waals surface area contributed by atoms with Gasteiger partial charge in [-0.3, -0.25) is 9.59 Å². The summed E-state index contributed by atoms with van der Waals surface area (Å²) in [5.41, 5.74) is 1.76. The molecule has 1 heterocycles. The maximum atomic E-state index is 13.3. The highest BCUT2D eigenvalue weighted by Gasteiger charge is 2.46. The molecule has 1 aliphatic heterocycles. The number of nitrogens with zero attached hydrogens (tertiary/aromatic N) is 2. The first-order valence-electron chi connectivity index (χ1n) is 11.6. The first-order valence-corrected chi connectivity index (χ1v) is 11.6. The standard InChI is InChI=1S/C27H34N2O7/c1-16-13-17(9-10-19(16)33-4)24(30)22-23(29(27(32)25(22)31)12-8-11-28(2)3)18-14-20(34-5)26(36-7)21(15-18)35-6/h9-10,13-15,23,30H,8,11-12H2,1-7H3. The van der Waals surface area contributed by atoms with Crippen molar-refractivity contribution in [2.45, 2.75) is 19.4 Å². The zero-order valence-corrected chi connectivity index (χ0v) is 21.9. The van der Waals surface area contributed by atoms with Gasteiger partial charge in [0, 0.05) is 12.1 Å². The molecule has 0 spiro atoms. The van der Waals surface area contributed by atoms with Crippen molar-refractivity contribution >= 4 is 17.4 Å². The molecule has 2 aromatic rings. The van der Waals surface area contributed by atoms with Crippen LogP contribution in [0, 0.1) is 6.92 Å². The summed E-state index contributed by atoms with van der Waals surface area (Å²) in [5.74, 6) is 0.129. The zero-order chi connectivity index (χ0) is 26.6. The maximum Gasteiger partial charge on any atom is 0.295 e. The number of aliphatic hydroxyl groups excluding tert-OH is 1. The lowest BCUT2D eigenvalue weighted by molar-refractivity contribution is -0.139. The molecule has 0 saturated carbocycles. The summed E-state index contributed by atoms with van der Waals surface area (Å²) in [6.07, 6.45) is 0.641. The normalized spacial score (nSPS) is 17.0. The number of methoxy groups -OCH3 is 4. The Morgan fingerprint density at radius 2 is 1.56 bits per heavy atom. The third-order valence-corrected chi connectivity index (χ3v) is 6.22. The SMILES string of the molecule is COc1ccc(C(O)=C2C(=O)C(=O)N(CCCN(C)C)C2c2cc(OC)c(OC)c(OC)c2)cc1C. The average molecular weight is 499 g/mol. The van der Waals surface area contributed by atoms with Crippen LogP contribution in [-0.2, 0) is 9.59 Å². The highest BCUT2D eigenvalue weighted by atomic mass is 16.5. The number of likely N-dealkylation sites (tertiary alicyclic amines) is 1. The molecule has 1 atom stereocenters. The van der Waals surface area contributed by atoms with Crippen molar-refractivity contribution in [2.75, 3.05) is 55.6 Å². The van der Waals surface area contributed by atoms with Crippen LogP contribution in [0.3, 0.4) is 0 Å². The Labute approximate surface area is 211 Å². The molecule has 0 radical (unpaired) electrons. The van der Waals surface area contributed by atoms with Crippen molar-refractivity contribution in [1.82, 2.24) is 9.80 Å². The summed E-state index contributed by atoms with van der Waals surface area (Å²) < 4.78 is 21.8. The fourth-order valence-electron chi connectivity index (χ4n) is 4.45. The predicted octanol–water partition coefficient (Wildman–Crippen LogP) is 3.40. The van der Waals surface area contributed by atoms with E-state index in [2.05, 4.69) is 0 Å². The van der Waals surface area contributed by atoms with Gasteiger partial charge in [0.15, 0.2) is 11.5 Å². The first-order chi connectivity index (χ1) is 17.2. The Kier molecular flexibility index (Phi) is 8.47. The van der Waals surface area contributed by atoms with Gasteiger partial charge in [0.25, 0.3) is 11.7 Å². The minimum absolute atomic E-state index is 0.00342. The number of carbonyl (C=O) groups is 2. The Hall–Kier alpha value is -3.72. The van der Waals surface area contributed by atoms with Crippen molar-refractivity contribution in [1.29, 1.82) is 0 Å². The lowest BCUT2D eigenvalue weighted by Gasteiger charge is -2.27. The number of hydrogen-bond donors (Lipinski definition) is 1. The second kappa shape index (κ2) is 11.3. The van der Waals surface area contributed by atoms with Crippen LogP contribution < -0.4 is 18.9 Å². The van der Waals surface area contributed by atoms with Crippen molar-refractivity contribution in [3.8, 4) is 23.0 Å². The van der Waals surface area contributed by atoms with Gasteiger partial charge in [-0.25, -0.2) is 0 Å². The van der Waals surface area contributed by atoms with E-state index < -0.39 is 17.7 Å². The van der Waals surface area contributed by atoms with E-state index in [-0.39, 0.29) is 11.3 Å². The molecule has 2 aromatic carbocycles. The molecule has 1 N–H and O–H groups in total. The van der Waals surface area contributed by atoms with Gasteiger partial charge >= 0.3 is 0 Å². The average Bonchev–Trinajstić information content (AvgIpc) is 3.12. The second-order valence-corrected chi connectivity index (χ2v) is 8.79. The summed E-state index contributed by atoms with van der Waals surface area (Å²) >= 11 is 0. The summed E-state index contributed by atoms with van der Waals surface area (Å²) in [4.78, 5) is 30.0. The van der Waals surface area contributed by atoms with Crippen LogP contribution in [0.4, 0.5) is 0 Å². The molecular weight excluding hydrogens is 464 g/mol. The van der Waals surface area contributed by atoms with Gasteiger partial charge < -0.3 is 33.9 Å². The van der Waals surface area contributed by atoms with Gasteiger partial charge in [0.05, 0.1) is 40.1 Å². The van der Waals surface area contributed by atoms with Gasteiger partial charge in [-0.05, 0) is 75.4 Å². The largest absolute Gasteiger partial charge is 0.507 e. The molecule has 1 fully saturated rings. The number of ether oxygens (including phenoxy) is 4. The Bertz CT molecular complexity index is 1150. The van der Waals surface area contributed by atoms with Crippen molar-refractivity contribution in [3.05, 3.63) is 52.6 Å². The Balaban J connectivity index is 2.23. The van der Waals surface area contributed by atoms with Crippen LogP contribution in [-0.4, -0.2) is 82.2 Å². The van der Waals surface area contributed by atoms with E-state index in [0.717, 1.165) is 12.1 Å². The molecule has 0 bridgehead atoms. The fraction of sp³-hybridized carbons (Fsp3) is 0.407. The number of aryl methyl sites for hydroxylation is 1. The third kappa shape index (κ3) is 5.11. The van der Waals surface area contributed by atoms with E-state index in [1.54, 1.807) is 37.4 Å². The predicted molar refractivity (Wildman–Crippen MR) is 136 cm³/mol. The van der Waals surface area contributed by atoms with E-state index in [1.165, 1.54) is 26.2 Å². The molecule has 36 heavy (non-hydrogen) atoms. The Morgan fingerprint density at radius 1 is 0.944 bits per heavy atom. The van der Waals surface area contributed by atoms with Crippen LogP contribution >= 0.6 is 0 Å². The topological polar surface area (TPSA) is 97.8 Å². The number of hydrogen-bond acceptors (Lipinski definition) is 8. The van der Waals surface area contributed by atoms with E-state index in [0.29, 0.717) is 47.1 Å². The smallest absolute Gasteiger partial charge is 0.295 e. The van der Waals surface area contributed by atoms with Gasteiger partial charge in [-0.1, -0.05) is 0 Å². The van der Waals surface area contributed by atoms with Gasteiger partial charge in [0.1, 0.15) is 11.5 Å². The molecule has 3 rings (SSSR count). The van der Waals surface area contributed by atoms with E-state index in [4.69, 9.17) is 18.9 Å². The fourth-order valence-corrected chi connectivity index (χ4v) is 4.45. The molecule has 1 amide bonds. The number of amides is 1. The monoisotopic (exact) mass is 498 g/mol. The van der Waals surface area contributed by atoms with E-state index in [9.17, 15) is 14.7 Å². The van der Waals surface area contributed by atoms with Crippen LogP contribution in [0.5, 0.6) is 23.0 Å². The lowest BCUT2D eigenvalue weighted by atomic mass is 9.94. The molecule has 1 unspecified atom stereocenters. The number of rotatable bonds is 10. The van der Waals surface area contributed by atoms with Crippen molar-refractivity contribution in [3.63, 3.8) is 0 Å². The number of benzene rings is 2. The quantitative estimate of drug-likeness (QED) is 0.302. The molecule has 0 aromatic heterocycles. The van der Waals surface area contributed by atoms with Gasteiger partial charge in [-0.2, -0.15) is 0 Å². The first kappa shape index (κ1) is 26.9. The molecule has 1 aliphatic rings. The number of ketones is 1. The summed E-state index contributed by atoms with van der Waals surface area (Å²) in [7, 11) is 9.93. The lowest BCUT2D eigenvalue weighted by Crippen LogP contribution is -2.32. The summed E-state index contributed by atoms with van der Waals surface area (Å²) in [6.45, 7) is 2.89. The van der Waals surface area contributed by atoms with Crippen molar-refractivity contribution in [2.24, 2.45) is 0 Å². The van der Waals surface area contributed by atoms with Crippen LogP contribution in [0.25, 0.3) is 5.76 Å². The van der Waals surface area contributed by atoms with E-state index in [1.807, 2.05) is 25.9 Å². The Morgan fingerprint density at radius 3 is 2.06 bits per heavy atom. The zero-order valence-electron chi connectivity index (χ0n) is 21.9. The highest BCUT2D eigenvalue weighted by Crippen LogP contribution is 2.45. The molecule has 9 nitrogen and oxygen atoms in total. The van der Waals surface area contributed by atoms with Gasteiger partial charge in [0.2, 0.25) is 5.75 Å². The highest BCUT2D eigenvalue weighted by molar-refractivity contribution is 6.46. The molecule has 1 saturated heterocycles. The number of Topliss-reactive ketones (excluding diaryl/α,β-unsaturated/α-hetero) is 1. The number of aliphatic hydroxyl groups is 1. The summed E-state index contributed by atoms with van der Waals surface area (Å²) in [5, 5.41) is 11.4. The number of carbonyl (C=O) groups excluding carboxylic acids is 2. The molecule has 194 valence electrons. The van der Waals surface area contributed by atoms with Crippen LogP contribution in [0.15, 0.2) is 35.9 Å². The minimum Gasteiger partial charge on any atom is -0.507 e. The molecule has 0 aliphatic carbocycles. The molecular formula is C27H34N2O7. The molecule has 9 heteroatoms. The third-order valence-electron chi connectivity index (χ3n) is 6.22. The van der Waals surface area contributed by atoms with Gasteiger partial charge in [-0.15, -0.1) is 0 Å². The van der Waals surface area contributed by atoms with Crippen LogP contribution in [0.2, 0.25) is 0 Å². The van der Waals surface area contributed by atoms with Crippen molar-refractivity contribution < 1.29 is 33.6 Å². The summed E-state index contributed by atoms with van der Waals surface area (Å²) in [6, 6.07) is 7.65. The maximum absolute atomic E-state index is 13.3. The second-order valence-electron chi connectivity index (χ2n) is 8.79. The minimum atomic E-state index is -0.844. The van der Waals surface area contributed by atoms with Crippen LogP contribution in [0.1, 0.15) is 29.2 Å².